The molecule has 4 nitrogen and oxygen atoms in total. The molecule has 1 amide bonds. The summed E-state index contributed by atoms with van der Waals surface area (Å²) in [6.45, 7) is 2.55. The molecule has 1 unspecified atom stereocenters. The lowest BCUT2D eigenvalue weighted by atomic mass is 10.1. The molecule has 0 aliphatic heterocycles. The SMILES string of the molecule is CCCCc1ccc(NCC(N)C(N)=O)cc1. The van der Waals surface area contributed by atoms with Gasteiger partial charge in [0, 0.05) is 12.2 Å². The lowest BCUT2D eigenvalue weighted by molar-refractivity contribution is -0.118. The van der Waals surface area contributed by atoms with Crippen LogP contribution in [-0.2, 0) is 11.2 Å². The van der Waals surface area contributed by atoms with Gasteiger partial charge in [-0.1, -0.05) is 25.5 Å². The van der Waals surface area contributed by atoms with Crippen LogP contribution in [0.15, 0.2) is 24.3 Å². The fraction of sp³-hybridized carbons (Fsp3) is 0.462. The van der Waals surface area contributed by atoms with E-state index < -0.39 is 11.9 Å². The van der Waals surface area contributed by atoms with Crippen molar-refractivity contribution in [3.8, 4) is 0 Å². The maximum absolute atomic E-state index is 10.8. The molecule has 0 aromatic heterocycles. The summed E-state index contributed by atoms with van der Waals surface area (Å²) in [5, 5.41) is 3.08. The summed E-state index contributed by atoms with van der Waals surface area (Å²) in [6, 6.07) is 7.54. The number of primary amides is 1. The summed E-state index contributed by atoms with van der Waals surface area (Å²) in [5.41, 5.74) is 12.9. The number of unbranched alkanes of at least 4 members (excludes halogenated alkanes) is 1. The number of hydrogen-bond acceptors (Lipinski definition) is 3. The van der Waals surface area contributed by atoms with Crippen LogP contribution in [0.4, 0.5) is 5.69 Å². The van der Waals surface area contributed by atoms with E-state index in [0.717, 1.165) is 12.1 Å². The largest absolute Gasteiger partial charge is 0.383 e. The number of aryl methyl sites for hydroxylation is 1. The number of rotatable bonds is 7. The first-order valence-electron chi connectivity index (χ1n) is 6.01. The van der Waals surface area contributed by atoms with Crippen LogP contribution >= 0.6 is 0 Å². The Morgan fingerprint density at radius 3 is 2.53 bits per heavy atom. The van der Waals surface area contributed by atoms with E-state index in [9.17, 15) is 4.79 Å². The Morgan fingerprint density at radius 1 is 1.35 bits per heavy atom. The van der Waals surface area contributed by atoms with Gasteiger partial charge >= 0.3 is 0 Å². The summed E-state index contributed by atoms with van der Waals surface area (Å²) in [5.74, 6) is -0.489. The van der Waals surface area contributed by atoms with Crippen LogP contribution in [0, 0.1) is 0 Å². The van der Waals surface area contributed by atoms with Crippen LogP contribution in [0.5, 0.6) is 0 Å². The Kier molecular flexibility index (Phi) is 5.49. The van der Waals surface area contributed by atoms with Gasteiger partial charge in [-0.05, 0) is 30.5 Å². The molecule has 4 heteroatoms. The van der Waals surface area contributed by atoms with Crippen molar-refractivity contribution < 1.29 is 4.79 Å². The van der Waals surface area contributed by atoms with Gasteiger partial charge in [0.15, 0.2) is 0 Å². The molecule has 0 bridgehead atoms. The van der Waals surface area contributed by atoms with Gasteiger partial charge in [-0.15, -0.1) is 0 Å². The lowest BCUT2D eigenvalue weighted by Crippen LogP contribution is -2.41. The number of carbonyl (C=O) groups excluding carboxylic acids is 1. The normalized spacial score (nSPS) is 12.1. The molecule has 1 atom stereocenters. The third-order valence-electron chi connectivity index (χ3n) is 2.66. The Morgan fingerprint density at radius 2 is 2.00 bits per heavy atom. The third-order valence-corrected chi connectivity index (χ3v) is 2.66. The quantitative estimate of drug-likeness (QED) is 0.665. The fourth-order valence-corrected chi connectivity index (χ4v) is 1.50. The second-order valence-corrected chi connectivity index (χ2v) is 4.19. The fourth-order valence-electron chi connectivity index (χ4n) is 1.50. The number of carbonyl (C=O) groups is 1. The summed E-state index contributed by atoms with van der Waals surface area (Å²) < 4.78 is 0. The summed E-state index contributed by atoms with van der Waals surface area (Å²) >= 11 is 0. The number of benzene rings is 1. The van der Waals surface area contributed by atoms with Crippen LogP contribution in [-0.4, -0.2) is 18.5 Å². The van der Waals surface area contributed by atoms with Gasteiger partial charge in [0.05, 0.1) is 0 Å². The lowest BCUT2D eigenvalue weighted by Gasteiger charge is -2.10. The van der Waals surface area contributed by atoms with Gasteiger partial charge in [0.25, 0.3) is 0 Å². The molecule has 0 radical (unpaired) electrons. The van der Waals surface area contributed by atoms with Gasteiger partial charge in [0.2, 0.25) is 5.91 Å². The zero-order chi connectivity index (χ0) is 12.7. The maximum atomic E-state index is 10.8. The van der Waals surface area contributed by atoms with E-state index in [4.69, 9.17) is 11.5 Å². The molecular formula is C13H21N3O. The number of amides is 1. The molecular weight excluding hydrogens is 214 g/mol. The topological polar surface area (TPSA) is 81.1 Å². The first kappa shape index (κ1) is 13.5. The molecule has 1 rings (SSSR count). The second-order valence-electron chi connectivity index (χ2n) is 4.19. The second kappa shape index (κ2) is 6.91. The number of hydrogen-bond donors (Lipinski definition) is 3. The summed E-state index contributed by atoms with van der Waals surface area (Å²) in [7, 11) is 0. The van der Waals surface area contributed by atoms with Crippen molar-refractivity contribution in [3.05, 3.63) is 29.8 Å². The highest BCUT2D eigenvalue weighted by Crippen LogP contribution is 2.11. The predicted octanol–water partition coefficient (Wildman–Crippen LogP) is 1.25. The van der Waals surface area contributed by atoms with Crippen molar-refractivity contribution in [3.63, 3.8) is 0 Å². The Balaban J connectivity index is 2.42. The number of anilines is 1. The molecule has 0 fully saturated rings. The van der Waals surface area contributed by atoms with Gasteiger partial charge in [-0.2, -0.15) is 0 Å². The first-order chi connectivity index (χ1) is 8.13. The van der Waals surface area contributed by atoms with E-state index in [1.807, 2.05) is 12.1 Å². The molecule has 94 valence electrons. The molecule has 17 heavy (non-hydrogen) atoms. The Hall–Kier alpha value is -1.55. The van der Waals surface area contributed by atoms with Gasteiger partial charge in [0.1, 0.15) is 6.04 Å². The summed E-state index contributed by atoms with van der Waals surface area (Å²) in [4.78, 5) is 10.8. The molecule has 1 aromatic rings. The third kappa shape index (κ3) is 4.87. The summed E-state index contributed by atoms with van der Waals surface area (Å²) in [6.07, 6.45) is 3.52. The molecule has 0 spiro atoms. The Bertz CT molecular complexity index is 348. The molecule has 0 saturated carbocycles. The van der Waals surface area contributed by atoms with Crippen molar-refractivity contribution in [2.45, 2.75) is 32.2 Å². The number of nitrogens with two attached hydrogens (primary N) is 2. The van der Waals surface area contributed by atoms with Crippen molar-refractivity contribution >= 4 is 11.6 Å². The van der Waals surface area contributed by atoms with Crippen LogP contribution in [0.1, 0.15) is 25.3 Å². The van der Waals surface area contributed by atoms with E-state index in [1.165, 1.54) is 18.4 Å². The van der Waals surface area contributed by atoms with Crippen molar-refractivity contribution in [2.75, 3.05) is 11.9 Å². The molecule has 5 N–H and O–H groups in total. The van der Waals surface area contributed by atoms with E-state index >= 15 is 0 Å². The van der Waals surface area contributed by atoms with Crippen LogP contribution in [0.2, 0.25) is 0 Å². The molecule has 0 aliphatic rings. The van der Waals surface area contributed by atoms with Crippen molar-refractivity contribution in [2.24, 2.45) is 11.5 Å². The standard InChI is InChI=1S/C13H21N3O/c1-2-3-4-10-5-7-11(8-6-10)16-9-12(14)13(15)17/h5-8,12,16H,2-4,9,14H2,1H3,(H2,15,17). The Labute approximate surface area is 102 Å². The highest BCUT2D eigenvalue weighted by molar-refractivity contribution is 5.80. The minimum absolute atomic E-state index is 0.365. The highest BCUT2D eigenvalue weighted by atomic mass is 16.1. The average molecular weight is 235 g/mol. The van der Waals surface area contributed by atoms with Crippen LogP contribution in [0.3, 0.4) is 0 Å². The molecule has 0 saturated heterocycles. The average Bonchev–Trinajstić information content (AvgIpc) is 2.34. The van der Waals surface area contributed by atoms with Crippen molar-refractivity contribution in [1.29, 1.82) is 0 Å². The highest BCUT2D eigenvalue weighted by Gasteiger charge is 2.07. The predicted molar refractivity (Wildman–Crippen MR) is 70.7 cm³/mol. The van der Waals surface area contributed by atoms with E-state index in [-0.39, 0.29) is 0 Å². The monoisotopic (exact) mass is 235 g/mol. The number of nitrogens with one attached hydrogen (secondary N) is 1. The van der Waals surface area contributed by atoms with Crippen LogP contribution < -0.4 is 16.8 Å². The first-order valence-corrected chi connectivity index (χ1v) is 6.01. The van der Waals surface area contributed by atoms with Gasteiger partial charge in [-0.25, -0.2) is 0 Å². The minimum atomic E-state index is -0.644. The van der Waals surface area contributed by atoms with Gasteiger partial charge < -0.3 is 16.8 Å². The molecule has 0 aliphatic carbocycles. The van der Waals surface area contributed by atoms with E-state index in [0.29, 0.717) is 6.54 Å². The molecule has 1 aromatic carbocycles. The van der Waals surface area contributed by atoms with Crippen LogP contribution in [0.25, 0.3) is 0 Å². The minimum Gasteiger partial charge on any atom is -0.383 e. The molecule has 0 heterocycles. The van der Waals surface area contributed by atoms with E-state index in [2.05, 4.69) is 24.4 Å². The van der Waals surface area contributed by atoms with Gasteiger partial charge in [-0.3, -0.25) is 4.79 Å². The maximum Gasteiger partial charge on any atom is 0.236 e. The smallest absolute Gasteiger partial charge is 0.236 e. The van der Waals surface area contributed by atoms with E-state index in [1.54, 1.807) is 0 Å². The van der Waals surface area contributed by atoms with Crippen molar-refractivity contribution in [1.82, 2.24) is 0 Å². The zero-order valence-electron chi connectivity index (χ0n) is 10.3. The zero-order valence-corrected chi connectivity index (χ0v) is 10.3.